The predicted octanol–water partition coefficient (Wildman–Crippen LogP) is 4.70. The maximum Gasteiger partial charge on any atom is 0.0453 e. The first-order valence-corrected chi connectivity index (χ1v) is 7.10. The molecule has 1 aromatic carbocycles. The van der Waals surface area contributed by atoms with E-state index in [1.165, 1.54) is 6.42 Å². The zero-order chi connectivity index (χ0) is 12.7. The molecule has 0 aromatic heterocycles. The van der Waals surface area contributed by atoms with Gasteiger partial charge in [0.1, 0.15) is 0 Å². The third kappa shape index (κ3) is 4.87. The van der Waals surface area contributed by atoms with Crippen LogP contribution in [0, 0.1) is 0 Å². The van der Waals surface area contributed by atoms with E-state index in [-0.39, 0.29) is 0 Å². The summed E-state index contributed by atoms with van der Waals surface area (Å²) >= 11 is 12.4. The van der Waals surface area contributed by atoms with Crippen LogP contribution in [0.2, 0.25) is 10.0 Å². The fraction of sp³-hybridized carbons (Fsp3) is 0.571. The van der Waals surface area contributed by atoms with E-state index >= 15 is 0 Å². The van der Waals surface area contributed by atoms with Gasteiger partial charge in [-0.3, -0.25) is 0 Å². The van der Waals surface area contributed by atoms with E-state index in [1.807, 2.05) is 18.2 Å². The van der Waals surface area contributed by atoms with Crippen LogP contribution in [0.5, 0.6) is 0 Å². The molecule has 0 aliphatic carbocycles. The van der Waals surface area contributed by atoms with Gasteiger partial charge in [-0.05, 0) is 43.5 Å². The Morgan fingerprint density at radius 3 is 2.29 bits per heavy atom. The van der Waals surface area contributed by atoms with Crippen molar-refractivity contribution in [1.82, 2.24) is 5.32 Å². The van der Waals surface area contributed by atoms with Gasteiger partial charge in [0.25, 0.3) is 0 Å². The standard InChI is InChI=1S/C14H21Cl2N/c1-3-6-11(17-9-4-2)10-12-13(15)7-5-8-14(12)16/h5,7-8,11,17H,3-4,6,9-10H2,1-2H3. The molecule has 0 fully saturated rings. The lowest BCUT2D eigenvalue weighted by Crippen LogP contribution is -2.31. The minimum Gasteiger partial charge on any atom is -0.314 e. The molecule has 0 aliphatic heterocycles. The van der Waals surface area contributed by atoms with Crippen LogP contribution in [-0.2, 0) is 6.42 Å². The zero-order valence-corrected chi connectivity index (χ0v) is 12.1. The van der Waals surface area contributed by atoms with Crippen LogP contribution < -0.4 is 5.32 Å². The second kappa shape index (κ2) is 7.97. The smallest absolute Gasteiger partial charge is 0.0453 e. The van der Waals surface area contributed by atoms with Crippen molar-refractivity contribution >= 4 is 23.2 Å². The average Bonchev–Trinajstić information content (AvgIpc) is 2.31. The van der Waals surface area contributed by atoms with Crippen LogP contribution in [-0.4, -0.2) is 12.6 Å². The van der Waals surface area contributed by atoms with Gasteiger partial charge in [-0.2, -0.15) is 0 Å². The van der Waals surface area contributed by atoms with Gasteiger partial charge in [0.2, 0.25) is 0 Å². The summed E-state index contributed by atoms with van der Waals surface area (Å²) in [4.78, 5) is 0. The molecule has 0 saturated carbocycles. The highest BCUT2D eigenvalue weighted by Gasteiger charge is 2.12. The van der Waals surface area contributed by atoms with Gasteiger partial charge in [-0.1, -0.05) is 49.5 Å². The summed E-state index contributed by atoms with van der Waals surface area (Å²) < 4.78 is 0. The SMILES string of the molecule is CCCNC(CCC)Cc1c(Cl)cccc1Cl. The van der Waals surface area contributed by atoms with Gasteiger partial charge in [0.15, 0.2) is 0 Å². The fourth-order valence-electron chi connectivity index (χ4n) is 1.95. The molecule has 1 unspecified atom stereocenters. The van der Waals surface area contributed by atoms with Crippen molar-refractivity contribution in [2.45, 2.75) is 45.6 Å². The number of benzene rings is 1. The van der Waals surface area contributed by atoms with Crippen LogP contribution >= 0.6 is 23.2 Å². The molecule has 1 aromatic rings. The van der Waals surface area contributed by atoms with Crippen molar-refractivity contribution in [3.63, 3.8) is 0 Å². The molecule has 0 heterocycles. The van der Waals surface area contributed by atoms with Gasteiger partial charge >= 0.3 is 0 Å². The molecule has 1 rings (SSSR count). The van der Waals surface area contributed by atoms with E-state index in [4.69, 9.17) is 23.2 Å². The summed E-state index contributed by atoms with van der Waals surface area (Å²) in [6.45, 7) is 5.43. The number of halogens is 2. The lowest BCUT2D eigenvalue weighted by atomic mass is 10.0. The minimum absolute atomic E-state index is 0.470. The topological polar surface area (TPSA) is 12.0 Å². The molecule has 0 bridgehead atoms. The first-order valence-electron chi connectivity index (χ1n) is 6.35. The Morgan fingerprint density at radius 1 is 1.12 bits per heavy atom. The summed E-state index contributed by atoms with van der Waals surface area (Å²) in [7, 11) is 0. The summed E-state index contributed by atoms with van der Waals surface area (Å²) in [5.74, 6) is 0. The first-order chi connectivity index (χ1) is 8.19. The molecule has 17 heavy (non-hydrogen) atoms. The summed E-state index contributed by atoms with van der Waals surface area (Å²) in [5.41, 5.74) is 1.07. The second-order valence-corrected chi connectivity index (χ2v) is 5.16. The quantitative estimate of drug-likeness (QED) is 0.759. The number of hydrogen-bond donors (Lipinski definition) is 1. The van der Waals surface area contributed by atoms with Gasteiger partial charge in [0, 0.05) is 16.1 Å². The molecule has 0 spiro atoms. The van der Waals surface area contributed by atoms with Crippen LogP contribution in [0.15, 0.2) is 18.2 Å². The van der Waals surface area contributed by atoms with Crippen molar-refractivity contribution in [3.05, 3.63) is 33.8 Å². The van der Waals surface area contributed by atoms with E-state index in [0.717, 1.165) is 41.4 Å². The number of rotatable bonds is 7. The average molecular weight is 274 g/mol. The van der Waals surface area contributed by atoms with E-state index < -0.39 is 0 Å². The Labute approximate surface area is 115 Å². The molecule has 96 valence electrons. The van der Waals surface area contributed by atoms with Crippen molar-refractivity contribution in [3.8, 4) is 0 Å². The molecule has 3 heteroatoms. The van der Waals surface area contributed by atoms with E-state index in [0.29, 0.717) is 6.04 Å². The monoisotopic (exact) mass is 273 g/mol. The lowest BCUT2D eigenvalue weighted by molar-refractivity contribution is 0.473. The maximum atomic E-state index is 6.20. The summed E-state index contributed by atoms with van der Waals surface area (Å²) in [6, 6.07) is 6.18. The Morgan fingerprint density at radius 2 is 1.76 bits per heavy atom. The minimum atomic E-state index is 0.470. The van der Waals surface area contributed by atoms with Gasteiger partial charge < -0.3 is 5.32 Å². The normalized spacial score (nSPS) is 12.7. The third-order valence-electron chi connectivity index (χ3n) is 2.83. The molecule has 0 aliphatic rings. The molecule has 1 N–H and O–H groups in total. The molecule has 0 radical (unpaired) electrons. The molecule has 1 atom stereocenters. The summed E-state index contributed by atoms with van der Waals surface area (Å²) in [5, 5.41) is 5.11. The molecule has 1 nitrogen and oxygen atoms in total. The van der Waals surface area contributed by atoms with Crippen LogP contribution in [0.4, 0.5) is 0 Å². The van der Waals surface area contributed by atoms with E-state index in [1.54, 1.807) is 0 Å². The molecule has 0 saturated heterocycles. The lowest BCUT2D eigenvalue weighted by Gasteiger charge is -2.19. The Kier molecular flexibility index (Phi) is 6.94. The summed E-state index contributed by atoms with van der Waals surface area (Å²) in [6.07, 6.45) is 4.38. The van der Waals surface area contributed by atoms with Crippen LogP contribution in [0.3, 0.4) is 0 Å². The Hall–Kier alpha value is -0.240. The van der Waals surface area contributed by atoms with Gasteiger partial charge in [-0.25, -0.2) is 0 Å². The van der Waals surface area contributed by atoms with E-state index in [2.05, 4.69) is 19.2 Å². The molecule has 0 amide bonds. The third-order valence-corrected chi connectivity index (χ3v) is 3.54. The first kappa shape index (κ1) is 14.8. The number of nitrogens with one attached hydrogen (secondary N) is 1. The zero-order valence-electron chi connectivity index (χ0n) is 10.6. The highest BCUT2D eigenvalue weighted by Crippen LogP contribution is 2.26. The molecular weight excluding hydrogens is 253 g/mol. The van der Waals surface area contributed by atoms with Gasteiger partial charge in [-0.15, -0.1) is 0 Å². The van der Waals surface area contributed by atoms with Crippen LogP contribution in [0.25, 0.3) is 0 Å². The van der Waals surface area contributed by atoms with Crippen molar-refractivity contribution in [2.75, 3.05) is 6.54 Å². The van der Waals surface area contributed by atoms with Crippen molar-refractivity contribution in [2.24, 2.45) is 0 Å². The predicted molar refractivity (Wildman–Crippen MR) is 77.2 cm³/mol. The maximum absolute atomic E-state index is 6.20. The second-order valence-electron chi connectivity index (χ2n) is 4.34. The van der Waals surface area contributed by atoms with Crippen LogP contribution in [0.1, 0.15) is 38.7 Å². The number of hydrogen-bond acceptors (Lipinski definition) is 1. The molecular formula is C14H21Cl2N. The van der Waals surface area contributed by atoms with Gasteiger partial charge in [0.05, 0.1) is 0 Å². The Bertz CT molecular complexity index is 319. The van der Waals surface area contributed by atoms with Crippen molar-refractivity contribution in [1.29, 1.82) is 0 Å². The highest BCUT2D eigenvalue weighted by molar-refractivity contribution is 6.35. The Balaban J connectivity index is 2.70. The highest BCUT2D eigenvalue weighted by atomic mass is 35.5. The largest absolute Gasteiger partial charge is 0.314 e. The van der Waals surface area contributed by atoms with E-state index in [9.17, 15) is 0 Å². The fourth-order valence-corrected chi connectivity index (χ4v) is 2.50. The van der Waals surface area contributed by atoms with Crippen molar-refractivity contribution < 1.29 is 0 Å².